The molecular formula is C16H34N2. The maximum absolute atomic E-state index is 3.65. The lowest BCUT2D eigenvalue weighted by Gasteiger charge is -2.46. The molecule has 1 aliphatic carbocycles. The summed E-state index contributed by atoms with van der Waals surface area (Å²) < 4.78 is 0. The number of hydrogen-bond acceptors (Lipinski definition) is 2. The number of rotatable bonds is 9. The van der Waals surface area contributed by atoms with Gasteiger partial charge >= 0.3 is 0 Å². The summed E-state index contributed by atoms with van der Waals surface area (Å²) in [4.78, 5) is 2.73. The second-order valence-corrected chi connectivity index (χ2v) is 5.82. The molecule has 0 aliphatic heterocycles. The van der Waals surface area contributed by atoms with Crippen LogP contribution in [-0.2, 0) is 0 Å². The number of nitrogens with one attached hydrogen (secondary N) is 1. The molecule has 0 bridgehead atoms. The van der Waals surface area contributed by atoms with Crippen LogP contribution in [0.1, 0.15) is 72.1 Å². The molecule has 0 aromatic heterocycles. The number of likely N-dealkylation sites (N-methyl/N-ethyl adjacent to an activating group) is 2. The summed E-state index contributed by atoms with van der Waals surface area (Å²) in [5.74, 6) is 0. The molecule has 0 aromatic rings. The van der Waals surface area contributed by atoms with E-state index in [0.29, 0.717) is 11.6 Å². The van der Waals surface area contributed by atoms with Gasteiger partial charge in [0.1, 0.15) is 0 Å². The molecule has 0 heterocycles. The zero-order chi connectivity index (χ0) is 13.4. The van der Waals surface area contributed by atoms with Crippen LogP contribution in [0, 0.1) is 0 Å². The molecule has 0 saturated heterocycles. The average Bonchev–Trinajstić information content (AvgIpc) is 2.86. The van der Waals surface area contributed by atoms with Crippen molar-refractivity contribution in [2.45, 2.75) is 83.7 Å². The van der Waals surface area contributed by atoms with Gasteiger partial charge in [-0.3, -0.25) is 4.90 Å². The van der Waals surface area contributed by atoms with Crippen LogP contribution < -0.4 is 5.32 Å². The van der Waals surface area contributed by atoms with Gasteiger partial charge in [-0.2, -0.15) is 0 Å². The first-order valence-electron chi connectivity index (χ1n) is 8.17. The van der Waals surface area contributed by atoms with Gasteiger partial charge in [0.2, 0.25) is 0 Å². The van der Waals surface area contributed by atoms with Crippen LogP contribution in [0.25, 0.3) is 0 Å². The largest absolute Gasteiger partial charge is 0.315 e. The fraction of sp³-hybridized carbons (Fsp3) is 1.00. The van der Waals surface area contributed by atoms with E-state index in [-0.39, 0.29) is 0 Å². The first-order valence-corrected chi connectivity index (χ1v) is 8.17. The van der Waals surface area contributed by atoms with Crippen LogP contribution in [0.5, 0.6) is 0 Å². The Kier molecular flexibility index (Phi) is 7.25. The molecule has 1 atom stereocenters. The lowest BCUT2D eigenvalue weighted by atomic mass is 9.83. The normalized spacial score (nSPS) is 20.5. The summed E-state index contributed by atoms with van der Waals surface area (Å²) in [5, 5.41) is 3.65. The molecular weight excluding hydrogens is 220 g/mol. The number of nitrogens with zero attached hydrogens (tertiary/aromatic N) is 1. The van der Waals surface area contributed by atoms with Crippen molar-refractivity contribution in [2.24, 2.45) is 0 Å². The number of hydrogen-bond donors (Lipinski definition) is 1. The maximum Gasteiger partial charge on any atom is 0.0362 e. The van der Waals surface area contributed by atoms with Crippen molar-refractivity contribution in [3.05, 3.63) is 0 Å². The minimum Gasteiger partial charge on any atom is -0.315 e. The molecule has 2 nitrogen and oxygen atoms in total. The SMILES string of the molecule is CCCCCC(NC)C1(N(CC)CC)CCCC1. The van der Waals surface area contributed by atoms with Crippen LogP contribution in [0.3, 0.4) is 0 Å². The molecule has 0 spiro atoms. The van der Waals surface area contributed by atoms with Crippen molar-refractivity contribution >= 4 is 0 Å². The summed E-state index contributed by atoms with van der Waals surface area (Å²) in [5.41, 5.74) is 0.450. The molecule has 0 radical (unpaired) electrons. The smallest absolute Gasteiger partial charge is 0.0362 e. The van der Waals surface area contributed by atoms with Crippen LogP contribution >= 0.6 is 0 Å². The minimum absolute atomic E-state index is 0.450. The summed E-state index contributed by atoms with van der Waals surface area (Å²) in [6, 6.07) is 0.687. The fourth-order valence-electron chi connectivity index (χ4n) is 4.01. The van der Waals surface area contributed by atoms with Gasteiger partial charge in [0, 0.05) is 11.6 Å². The van der Waals surface area contributed by atoms with Crippen molar-refractivity contribution in [1.82, 2.24) is 10.2 Å². The zero-order valence-corrected chi connectivity index (χ0v) is 13.1. The van der Waals surface area contributed by atoms with E-state index in [1.54, 1.807) is 0 Å². The first-order chi connectivity index (χ1) is 8.75. The molecule has 0 aromatic carbocycles. The molecule has 1 rings (SSSR count). The van der Waals surface area contributed by atoms with Gasteiger partial charge in [0.15, 0.2) is 0 Å². The summed E-state index contributed by atoms with van der Waals surface area (Å²) in [7, 11) is 2.17. The predicted molar refractivity (Wildman–Crippen MR) is 81.1 cm³/mol. The summed E-state index contributed by atoms with van der Waals surface area (Å²) in [6.45, 7) is 9.33. The Bertz CT molecular complexity index is 205. The zero-order valence-electron chi connectivity index (χ0n) is 13.1. The quantitative estimate of drug-likeness (QED) is 0.629. The van der Waals surface area contributed by atoms with Crippen LogP contribution in [0.4, 0.5) is 0 Å². The molecule has 108 valence electrons. The first kappa shape index (κ1) is 16.0. The van der Waals surface area contributed by atoms with Crippen molar-refractivity contribution in [3.8, 4) is 0 Å². The average molecular weight is 254 g/mol. The Balaban J connectivity index is 2.73. The van der Waals surface area contributed by atoms with E-state index < -0.39 is 0 Å². The van der Waals surface area contributed by atoms with Crippen LogP contribution in [0.15, 0.2) is 0 Å². The van der Waals surface area contributed by atoms with Gasteiger partial charge in [0.05, 0.1) is 0 Å². The van der Waals surface area contributed by atoms with E-state index in [1.165, 1.54) is 64.5 Å². The minimum atomic E-state index is 0.450. The monoisotopic (exact) mass is 254 g/mol. The third-order valence-electron chi connectivity index (χ3n) is 4.96. The van der Waals surface area contributed by atoms with E-state index >= 15 is 0 Å². The van der Waals surface area contributed by atoms with Crippen LogP contribution in [0.2, 0.25) is 0 Å². The predicted octanol–water partition coefficient (Wildman–Crippen LogP) is 3.81. The Morgan fingerprint density at radius 3 is 2.11 bits per heavy atom. The van der Waals surface area contributed by atoms with Gasteiger partial charge in [-0.15, -0.1) is 0 Å². The van der Waals surface area contributed by atoms with Crippen molar-refractivity contribution in [3.63, 3.8) is 0 Å². The van der Waals surface area contributed by atoms with E-state index in [1.807, 2.05) is 0 Å². The Morgan fingerprint density at radius 1 is 1.06 bits per heavy atom. The highest BCUT2D eigenvalue weighted by Gasteiger charge is 2.43. The van der Waals surface area contributed by atoms with Gasteiger partial charge < -0.3 is 5.32 Å². The summed E-state index contributed by atoms with van der Waals surface area (Å²) in [6.07, 6.45) is 11.1. The summed E-state index contributed by atoms with van der Waals surface area (Å²) >= 11 is 0. The topological polar surface area (TPSA) is 15.3 Å². The maximum atomic E-state index is 3.65. The highest BCUT2D eigenvalue weighted by molar-refractivity contribution is 5.02. The van der Waals surface area contributed by atoms with Gasteiger partial charge in [-0.25, -0.2) is 0 Å². The second-order valence-electron chi connectivity index (χ2n) is 5.82. The van der Waals surface area contributed by atoms with E-state index in [9.17, 15) is 0 Å². The Labute approximate surface area is 115 Å². The molecule has 18 heavy (non-hydrogen) atoms. The molecule has 1 fully saturated rings. The van der Waals surface area contributed by atoms with E-state index in [4.69, 9.17) is 0 Å². The van der Waals surface area contributed by atoms with Gasteiger partial charge in [-0.1, -0.05) is 52.9 Å². The lowest BCUT2D eigenvalue weighted by Crippen LogP contribution is -2.59. The third-order valence-corrected chi connectivity index (χ3v) is 4.96. The highest BCUT2D eigenvalue weighted by atomic mass is 15.2. The fourth-order valence-corrected chi connectivity index (χ4v) is 4.01. The molecule has 1 saturated carbocycles. The standard InChI is InChI=1S/C16H34N2/c1-5-8-9-12-15(17-4)16(13-10-11-14-16)18(6-2)7-3/h15,17H,5-14H2,1-4H3. The van der Waals surface area contributed by atoms with E-state index in [2.05, 4.69) is 38.0 Å². The number of unbranched alkanes of at least 4 members (excludes halogenated alkanes) is 2. The molecule has 0 amide bonds. The van der Waals surface area contributed by atoms with Crippen molar-refractivity contribution in [1.29, 1.82) is 0 Å². The van der Waals surface area contributed by atoms with Crippen molar-refractivity contribution < 1.29 is 0 Å². The highest BCUT2D eigenvalue weighted by Crippen LogP contribution is 2.39. The second kappa shape index (κ2) is 8.16. The van der Waals surface area contributed by atoms with Gasteiger partial charge in [0.25, 0.3) is 0 Å². The van der Waals surface area contributed by atoms with E-state index in [0.717, 1.165) is 0 Å². The van der Waals surface area contributed by atoms with Crippen LogP contribution in [-0.4, -0.2) is 36.6 Å². The lowest BCUT2D eigenvalue weighted by molar-refractivity contribution is 0.0616. The third kappa shape index (κ3) is 3.48. The molecule has 1 aliphatic rings. The van der Waals surface area contributed by atoms with Gasteiger partial charge in [-0.05, 0) is 39.4 Å². The Morgan fingerprint density at radius 2 is 1.67 bits per heavy atom. The molecule has 2 heteroatoms. The Hall–Kier alpha value is -0.0800. The molecule has 1 N–H and O–H groups in total. The van der Waals surface area contributed by atoms with Crippen molar-refractivity contribution in [2.75, 3.05) is 20.1 Å². The molecule has 1 unspecified atom stereocenters.